The van der Waals surface area contributed by atoms with E-state index >= 15 is 0 Å². The number of benzene rings is 2. The molecule has 0 bridgehead atoms. The molecular weight excluding hydrogens is 398 g/mol. The van der Waals surface area contributed by atoms with Gasteiger partial charge in [0.25, 0.3) is 5.91 Å². The minimum Gasteiger partial charge on any atom is -0.505 e. The first-order valence-corrected chi connectivity index (χ1v) is 9.96. The Bertz CT molecular complexity index is 1010. The van der Waals surface area contributed by atoms with E-state index in [2.05, 4.69) is 10.6 Å². The number of ketones is 1. The van der Waals surface area contributed by atoms with Crippen LogP contribution in [0.5, 0.6) is 11.5 Å². The summed E-state index contributed by atoms with van der Waals surface area (Å²) in [5.41, 5.74) is 1.81. The summed E-state index contributed by atoms with van der Waals surface area (Å²) < 4.78 is 5.19. The number of carbonyl (C=O) groups is 2. The molecule has 2 aromatic rings. The number of aromatic hydroxyl groups is 1. The number of nitrogens with zero attached hydrogens (tertiary/aromatic N) is 1. The molecule has 1 amide bonds. The molecule has 0 saturated carbocycles. The number of anilines is 1. The summed E-state index contributed by atoms with van der Waals surface area (Å²) in [4.78, 5) is 26.0. The molecule has 8 heteroatoms. The summed E-state index contributed by atoms with van der Waals surface area (Å²) in [6, 6.07) is 12.0. The Labute approximate surface area is 181 Å². The second-order valence-electron chi connectivity index (χ2n) is 7.46. The molecule has 1 aliphatic rings. The van der Waals surface area contributed by atoms with Crippen molar-refractivity contribution >= 4 is 17.4 Å². The number of phenols is 1. The molecule has 0 aromatic heterocycles. The highest BCUT2D eigenvalue weighted by atomic mass is 16.5. The van der Waals surface area contributed by atoms with Crippen molar-refractivity contribution < 1.29 is 24.5 Å². The number of rotatable bonds is 8. The minimum absolute atomic E-state index is 0.120. The van der Waals surface area contributed by atoms with Crippen molar-refractivity contribution in [3.63, 3.8) is 0 Å². The summed E-state index contributed by atoms with van der Waals surface area (Å²) in [5, 5.41) is 26.9. The average molecular weight is 425 g/mol. The summed E-state index contributed by atoms with van der Waals surface area (Å²) in [7, 11) is 4.77. The van der Waals surface area contributed by atoms with Crippen LogP contribution in [0.3, 0.4) is 0 Å². The Morgan fingerprint density at radius 2 is 1.87 bits per heavy atom. The summed E-state index contributed by atoms with van der Waals surface area (Å²) in [6.45, 7) is 1.98. The Hall–Kier alpha value is -3.52. The third-order valence-corrected chi connectivity index (χ3v) is 5.22. The number of aliphatic hydroxyl groups excluding tert-OH is 1. The Balaban J connectivity index is 1.87. The van der Waals surface area contributed by atoms with Gasteiger partial charge >= 0.3 is 0 Å². The molecule has 2 atom stereocenters. The van der Waals surface area contributed by atoms with Gasteiger partial charge in [0.2, 0.25) is 5.78 Å². The van der Waals surface area contributed by atoms with Gasteiger partial charge in [-0.15, -0.1) is 0 Å². The molecule has 31 heavy (non-hydrogen) atoms. The fourth-order valence-electron chi connectivity index (χ4n) is 3.37. The molecule has 1 aliphatic carbocycles. The lowest BCUT2D eigenvalue weighted by Crippen LogP contribution is -2.46. The van der Waals surface area contributed by atoms with Gasteiger partial charge in [0.15, 0.2) is 11.9 Å². The van der Waals surface area contributed by atoms with Gasteiger partial charge in [0.1, 0.15) is 11.4 Å². The van der Waals surface area contributed by atoms with Crippen molar-refractivity contribution in [3.05, 3.63) is 65.0 Å². The highest BCUT2D eigenvalue weighted by Gasteiger charge is 2.39. The van der Waals surface area contributed by atoms with E-state index in [4.69, 9.17) is 4.74 Å². The number of carbonyl (C=O) groups excluding carboxylic acids is 2. The first-order valence-electron chi connectivity index (χ1n) is 9.96. The number of phenolic OH excluding ortho intramolecular Hbond substituents is 1. The van der Waals surface area contributed by atoms with Crippen LogP contribution < -0.4 is 15.4 Å². The lowest BCUT2D eigenvalue weighted by molar-refractivity contribution is -0.125. The van der Waals surface area contributed by atoms with Crippen LogP contribution in [0.15, 0.2) is 53.9 Å². The molecule has 0 heterocycles. The van der Waals surface area contributed by atoms with Crippen molar-refractivity contribution in [1.82, 2.24) is 10.2 Å². The van der Waals surface area contributed by atoms with Crippen LogP contribution in [0.1, 0.15) is 35.3 Å². The molecule has 0 aliphatic heterocycles. The van der Waals surface area contributed by atoms with E-state index in [-0.39, 0.29) is 40.3 Å². The van der Waals surface area contributed by atoms with Crippen molar-refractivity contribution in [3.8, 4) is 11.5 Å². The number of nitrogens with one attached hydrogen (secondary N) is 2. The molecule has 8 nitrogen and oxygen atoms in total. The summed E-state index contributed by atoms with van der Waals surface area (Å²) >= 11 is 0. The normalized spacial score (nSPS) is 16.4. The minimum atomic E-state index is -1.33. The standard InChI is InChI=1S/C23H27N3O5/c1-5-16(13-9-11-14(31-4)12-10-13)24-18-19(22(29)21(18)28)25-17-8-6-7-15(20(17)27)23(30)26(2)3/h6-12,16,22,24-25,27,29H,5H2,1-4H3/t16-,22?/m1/s1. The van der Waals surface area contributed by atoms with E-state index in [1.54, 1.807) is 33.3 Å². The van der Waals surface area contributed by atoms with Crippen LogP contribution in [0.2, 0.25) is 0 Å². The van der Waals surface area contributed by atoms with E-state index in [0.29, 0.717) is 6.42 Å². The number of hydrogen-bond acceptors (Lipinski definition) is 7. The molecule has 4 N–H and O–H groups in total. The smallest absolute Gasteiger partial charge is 0.257 e. The van der Waals surface area contributed by atoms with Crippen molar-refractivity contribution in [2.45, 2.75) is 25.5 Å². The van der Waals surface area contributed by atoms with Gasteiger partial charge in [-0.1, -0.05) is 25.1 Å². The second-order valence-corrected chi connectivity index (χ2v) is 7.46. The Morgan fingerprint density at radius 1 is 1.19 bits per heavy atom. The van der Waals surface area contributed by atoms with Gasteiger partial charge in [-0.2, -0.15) is 0 Å². The Morgan fingerprint density at radius 3 is 2.45 bits per heavy atom. The topological polar surface area (TPSA) is 111 Å². The van der Waals surface area contributed by atoms with Gasteiger partial charge in [0.05, 0.1) is 30.1 Å². The maximum Gasteiger partial charge on any atom is 0.257 e. The van der Waals surface area contributed by atoms with Crippen LogP contribution in [0.25, 0.3) is 0 Å². The largest absolute Gasteiger partial charge is 0.505 e. The van der Waals surface area contributed by atoms with Gasteiger partial charge in [-0.3, -0.25) is 9.59 Å². The predicted octanol–water partition coefficient (Wildman–Crippen LogP) is 2.41. The molecular formula is C23H27N3O5. The first kappa shape index (κ1) is 22.2. The summed E-state index contributed by atoms with van der Waals surface area (Å²) in [5.74, 6) is -0.307. The highest BCUT2D eigenvalue weighted by molar-refractivity contribution is 6.09. The number of amides is 1. The zero-order valence-electron chi connectivity index (χ0n) is 18.0. The van der Waals surface area contributed by atoms with Crippen LogP contribution >= 0.6 is 0 Å². The van der Waals surface area contributed by atoms with Gasteiger partial charge < -0.3 is 30.5 Å². The number of Topliss-reactive ketones (excluding diaryl/α,β-unsaturated/α-hetero) is 1. The maximum absolute atomic E-state index is 12.3. The predicted molar refractivity (Wildman–Crippen MR) is 117 cm³/mol. The van der Waals surface area contributed by atoms with Crippen molar-refractivity contribution in [2.75, 3.05) is 26.5 Å². The number of methoxy groups -OCH3 is 1. The number of ether oxygens (including phenoxy) is 1. The molecule has 2 aromatic carbocycles. The molecule has 0 radical (unpaired) electrons. The average Bonchev–Trinajstić information content (AvgIpc) is 2.79. The van der Waals surface area contributed by atoms with Gasteiger partial charge in [0, 0.05) is 14.1 Å². The molecule has 1 unspecified atom stereocenters. The number of para-hydroxylation sites is 1. The lowest BCUT2D eigenvalue weighted by atomic mass is 9.92. The SMILES string of the molecule is CC[C@@H](NC1=C(Nc2cccc(C(=O)N(C)C)c2O)C(O)C1=O)c1ccc(OC)cc1. The van der Waals surface area contributed by atoms with Gasteiger partial charge in [-0.25, -0.2) is 0 Å². The van der Waals surface area contributed by atoms with E-state index in [0.717, 1.165) is 11.3 Å². The van der Waals surface area contributed by atoms with Crippen LogP contribution in [-0.4, -0.2) is 54.1 Å². The van der Waals surface area contributed by atoms with E-state index in [1.165, 1.54) is 11.0 Å². The quantitative estimate of drug-likeness (QED) is 0.481. The molecule has 164 valence electrons. The zero-order chi connectivity index (χ0) is 22.7. The first-order chi connectivity index (χ1) is 14.8. The molecule has 0 spiro atoms. The molecule has 0 fully saturated rings. The second kappa shape index (κ2) is 9.09. The molecule has 3 rings (SSSR count). The third kappa shape index (κ3) is 4.34. The van der Waals surface area contributed by atoms with E-state index in [9.17, 15) is 19.8 Å². The maximum atomic E-state index is 12.3. The number of hydrogen-bond donors (Lipinski definition) is 4. The van der Waals surface area contributed by atoms with Gasteiger partial charge in [-0.05, 0) is 36.2 Å². The fourth-order valence-corrected chi connectivity index (χ4v) is 3.37. The number of aliphatic hydroxyl groups is 1. The fraction of sp³-hybridized carbons (Fsp3) is 0.304. The summed E-state index contributed by atoms with van der Waals surface area (Å²) in [6.07, 6.45) is -0.631. The monoisotopic (exact) mass is 425 g/mol. The zero-order valence-corrected chi connectivity index (χ0v) is 18.0. The molecule has 0 saturated heterocycles. The van der Waals surface area contributed by atoms with Crippen molar-refractivity contribution in [2.24, 2.45) is 0 Å². The lowest BCUT2D eigenvalue weighted by Gasteiger charge is -2.32. The van der Waals surface area contributed by atoms with E-state index < -0.39 is 11.9 Å². The van der Waals surface area contributed by atoms with E-state index in [1.807, 2.05) is 31.2 Å². The highest BCUT2D eigenvalue weighted by Crippen LogP contribution is 2.34. The van der Waals surface area contributed by atoms with Crippen molar-refractivity contribution in [1.29, 1.82) is 0 Å². The van der Waals surface area contributed by atoms with Crippen LogP contribution in [0, 0.1) is 0 Å². The van der Waals surface area contributed by atoms with Crippen LogP contribution in [0.4, 0.5) is 5.69 Å². The van der Waals surface area contributed by atoms with Crippen LogP contribution in [-0.2, 0) is 4.79 Å². The Kier molecular flexibility index (Phi) is 6.50. The third-order valence-electron chi connectivity index (χ3n) is 5.22.